The second-order valence-electron chi connectivity index (χ2n) is 2.39. The van der Waals surface area contributed by atoms with Crippen LogP contribution in [0.3, 0.4) is 0 Å². The molecular weight excluding hydrogens is 181 g/mol. The highest BCUT2D eigenvalue weighted by atomic mass is 35.5. The summed E-state index contributed by atoms with van der Waals surface area (Å²) in [5.74, 6) is -1.03. The molecule has 66 valence electrons. The van der Waals surface area contributed by atoms with Gasteiger partial charge in [0.25, 0.3) is 0 Å². The number of hydrogen-bond donors (Lipinski definition) is 2. The van der Waals surface area contributed by atoms with E-state index in [1.807, 2.05) is 0 Å². The van der Waals surface area contributed by atoms with Crippen molar-refractivity contribution in [1.82, 2.24) is 5.32 Å². The van der Waals surface area contributed by atoms with Crippen LogP contribution in [0.15, 0.2) is 12.1 Å². The van der Waals surface area contributed by atoms with E-state index in [9.17, 15) is 4.39 Å². The third-order valence-electron chi connectivity index (χ3n) is 1.52. The Balaban J connectivity index is 3.14. The van der Waals surface area contributed by atoms with Crippen LogP contribution in [0, 0.1) is 5.82 Å². The van der Waals surface area contributed by atoms with E-state index in [0.29, 0.717) is 17.1 Å². The molecule has 1 aromatic rings. The van der Waals surface area contributed by atoms with Crippen LogP contribution in [-0.2, 0) is 6.54 Å². The summed E-state index contributed by atoms with van der Waals surface area (Å²) in [5.41, 5.74) is 0.291. The minimum absolute atomic E-state index is 0.291. The van der Waals surface area contributed by atoms with Crippen LogP contribution in [0.4, 0.5) is 4.39 Å². The highest BCUT2D eigenvalue weighted by Crippen LogP contribution is 2.25. The van der Waals surface area contributed by atoms with E-state index in [-0.39, 0.29) is 5.75 Å². The highest BCUT2D eigenvalue weighted by Gasteiger charge is 2.10. The lowest BCUT2D eigenvalue weighted by atomic mass is 10.2. The molecule has 12 heavy (non-hydrogen) atoms. The van der Waals surface area contributed by atoms with Crippen LogP contribution in [0.2, 0.25) is 5.02 Å². The predicted molar refractivity (Wildman–Crippen MR) is 45.8 cm³/mol. The smallest absolute Gasteiger partial charge is 0.170 e. The van der Waals surface area contributed by atoms with Crippen molar-refractivity contribution in [1.29, 1.82) is 0 Å². The van der Waals surface area contributed by atoms with Gasteiger partial charge in [0.05, 0.1) is 0 Å². The number of halogens is 2. The molecule has 2 N–H and O–H groups in total. The first-order valence-electron chi connectivity index (χ1n) is 3.47. The molecule has 0 heterocycles. The fourth-order valence-corrected chi connectivity index (χ4v) is 1.14. The van der Waals surface area contributed by atoms with Crippen LogP contribution in [-0.4, -0.2) is 12.2 Å². The van der Waals surface area contributed by atoms with E-state index < -0.39 is 5.82 Å². The van der Waals surface area contributed by atoms with Crippen LogP contribution in [0.1, 0.15) is 5.56 Å². The molecule has 0 aliphatic rings. The fraction of sp³-hybridized carbons (Fsp3) is 0.250. The Morgan fingerprint density at radius 2 is 2.25 bits per heavy atom. The second-order valence-corrected chi connectivity index (χ2v) is 2.80. The van der Waals surface area contributed by atoms with Gasteiger partial charge >= 0.3 is 0 Å². The summed E-state index contributed by atoms with van der Waals surface area (Å²) in [5, 5.41) is 12.1. The SMILES string of the molecule is CNCc1c(Cl)ccc(O)c1F. The Hall–Kier alpha value is -0.800. The van der Waals surface area contributed by atoms with E-state index in [4.69, 9.17) is 16.7 Å². The van der Waals surface area contributed by atoms with Crippen molar-refractivity contribution in [2.45, 2.75) is 6.54 Å². The van der Waals surface area contributed by atoms with Gasteiger partial charge < -0.3 is 10.4 Å². The monoisotopic (exact) mass is 189 g/mol. The van der Waals surface area contributed by atoms with Gasteiger partial charge in [0.15, 0.2) is 11.6 Å². The quantitative estimate of drug-likeness (QED) is 0.745. The summed E-state index contributed by atoms with van der Waals surface area (Å²) in [6, 6.07) is 2.70. The van der Waals surface area contributed by atoms with Gasteiger partial charge in [-0.15, -0.1) is 0 Å². The Labute approximate surface area is 75.0 Å². The zero-order valence-electron chi connectivity index (χ0n) is 6.56. The first-order valence-corrected chi connectivity index (χ1v) is 3.85. The van der Waals surface area contributed by atoms with Crippen molar-refractivity contribution in [3.05, 3.63) is 28.5 Å². The van der Waals surface area contributed by atoms with Crippen molar-refractivity contribution in [3.63, 3.8) is 0 Å². The van der Waals surface area contributed by atoms with Gasteiger partial charge in [-0.2, -0.15) is 0 Å². The predicted octanol–water partition coefficient (Wildman–Crippen LogP) is 1.90. The summed E-state index contributed by atoms with van der Waals surface area (Å²) >= 11 is 5.69. The third kappa shape index (κ3) is 1.68. The molecule has 0 aromatic heterocycles. The summed E-state index contributed by atoms with van der Waals surface area (Å²) in [4.78, 5) is 0. The maximum absolute atomic E-state index is 13.1. The zero-order valence-corrected chi connectivity index (χ0v) is 7.32. The van der Waals surface area contributed by atoms with E-state index in [0.717, 1.165) is 0 Å². The van der Waals surface area contributed by atoms with E-state index >= 15 is 0 Å². The minimum Gasteiger partial charge on any atom is -0.505 e. The number of aromatic hydroxyl groups is 1. The van der Waals surface area contributed by atoms with Gasteiger partial charge in [0, 0.05) is 17.1 Å². The number of rotatable bonds is 2. The zero-order chi connectivity index (χ0) is 9.14. The number of hydrogen-bond acceptors (Lipinski definition) is 2. The summed E-state index contributed by atoms with van der Waals surface area (Å²) in [7, 11) is 1.68. The lowest BCUT2D eigenvalue weighted by molar-refractivity contribution is 0.427. The molecule has 0 amide bonds. The maximum Gasteiger partial charge on any atom is 0.170 e. The van der Waals surface area contributed by atoms with Crippen molar-refractivity contribution in [2.24, 2.45) is 0 Å². The molecule has 1 rings (SSSR count). The molecule has 0 aliphatic carbocycles. The Kier molecular flexibility index (Phi) is 2.89. The molecule has 0 aliphatic heterocycles. The van der Waals surface area contributed by atoms with Crippen molar-refractivity contribution >= 4 is 11.6 Å². The third-order valence-corrected chi connectivity index (χ3v) is 1.87. The summed E-state index contributed by atoms with van der Waals surface area (Å²) < 4.78 is 13.1. The fourth-order valence-electron chi connectivity index (χ4n) is 0.924. The first kappa shape index (κ1) is 9.29. The van der Waals surface area contributed by atoms with Crippen LogP contribution >= 0.6 is 11.6 Å². The number of phenols is 1. The second kappa shape index (κ2) is 3.74. The average Bonchev–Trinajstić information content (AvgIpc) is 2.06. The molecule has 0 spiro atoms. The largest absolute Gasteiger partial charge is 0.505 e. The van der Waals surface area contributed by atoms with Crippen molar-refractivity contribution in [3.8, 4) is 5.75 Å². The molecule has 0 atom stereocenters. The molecule has 0 radical (unpaired) electrons. The van der Waals surface area contributed by atoms with Crippen molar-refractivity contribution < 1.29 is 9.50 Å². The Bertz CT molecular complexity index is 291. The van der Waals surface area contributed by atoms with Crippen molar-refractivity contribution in [2.75, 3.05) is 7.05 Å². The van der Waals surface area contributed by atoms with Crippen LogP contribution in [0.25, 0.3) is 0 Å². The van der Waals surface area contributed by atoms with Crippen LogP contribution in [0.5, 0.6) is 5.75 Å². The van der Waals surface area contributed by atoms with Gasteiger partial charge in [0.2, 0.25) is 0 Å². The standard InChI is InChI=1S/C8H9ClFNO/c1-11-4-5-6(9)2-3-7(12)8(5)10/h2-3,11-12H,4H2,1H3. The lowest BCUT2D eigenvalue weighted by Gasteiger charge is -2.05. The summed E-state index contributed by atoms with van der Waals surface area (Å²) in [6.07, 6.45) is 0. The Morgan fingerprint density at radius 1 is 1.58 bits per heavy atom. The van der Waals surface area contributed by atoms with E-state index in [1.165, 1.54) is 12.1 Å². The molecule has 0 saturated carbocycles. The topological polar surface area (TPSA) is 32.3 Å². The summed E-state index contributed by atoms with van der Waals surface area (Å²) in [6.45, 7) is 0.305. The number of benzene rings is 1. The van der Waals surface area contributed by atoms with E-state index in [1.54, 1.807) is 7.05 Å². The molecule has 0 bridgehead atoms. The molecular formula is C8H9ClFNO. The van der Waals surface area contributed by atoms with Gasteiger partial charge in [-0.1, -0.05) is 11.6 Å². The number of phenolic OH excluding ortho intramolecular Hbond substituents is 1. The molecule has 0 saturated heterocycles. The molecule has 2 nitrogen and oxygen atoms in total. The molecule has 4 heteroatoms. The average molecular weight is 190 g/mol. The molecule has 1 aromatic carbocycles. The number of nitrogens with one attached hydrogen (secondary N) is 1. The first-order chi connectivity index (χ1) is 5.66. The maximum atomic E-state index is 13.1. The normalized spacial score (nSPS) is 10.2. The van der Waals surface area contributed by atoms with Crippen LogP contribution < -0.4 is 5.32 Å². The van der Waals surface area contributed by atoms with Gasteiger partial charge in [-0.3, -0.25) is 0 Å². The minimum atomic E-state index is -0.656. The van der Waals surface area contributed by atoms with Gasteiger partial charge in [0.1, 0.15) is 0 Å². The van der Waals surface area contributed by atoms with Gasteiger partial charge in [-0.05, 0) is 19.2 Å². The molecule has 0 unspecified atom stereocenters. The lowest BCUT2D eigenvalue weighted by Crippen LogP contribution is -2.07. The highest BCUT2D eigenvalue weighted by molar-refractivity contribution is 6.31. The van der Waals surface area contributed by atoms with E-state index in [2.05, 4.69) is 5.32 Å². The Morgan fingerprint density at radius 3 is 2.83 bits per heavy atom. The molecule has 0 fully saturated rings. The van der Waals surface area contributed by atoms with Gasteiger partial charge in [-0.25, -0.2) is 4.39 Å².